The number of anilines is 1. The maximum Gasteiger partial charge on any atom is 0.320 e. The summed E-state index contributed by atoms with van der Waals surface area (Å²) in [6.45, 7) is 6.59. The molecule has 18 heteroatoms. The van der Waals surface area contributed by atoms with Crippen molar-refractivity contribution in [2.45, 2.75) is 51.0 Å². The Balaban J connectivity index is 1.04. The van der Waals surface area contributed by atoms with Crippen LogP contribution >= 0.6 is 0 Å². The van der Waals surface area contributed by atoms with Crippen molar-refractivity contribution in [3.05, 3.63) is 57.7 Å². The number of pyridine rings is 2. The molecule has 1 saturated heterocycles. The average Bonchev–Trinajstić information content (AvgIpc) is 3.54. The number of carbonyl (C=O) groups is 3. The molecule has 296 valence electrons. The van der Waals surface area contributed by atoms with Crippen LogP contribution < -0.4 is 15.4 Å². The van der Waals surface area contributed by atoms with Crippen LogP contribution in [0.2, 0.25) is 0 Å². The summed E-state index contributed by atoms with van der Waals surface area (Å²) in [4.78, 5) is 52.4. The summed E-state index contributed by atoms with van der Waals surface area (Å²) in [7, 11) is 0. The number of aliphatic carboxylic acids is 1. The molecule has 0 aliphatic carbocycles. The highest BCUT2D eigenvalue weighted by Gasteiger charge is 2.35. The fourth-order valence-corrected chi connectivity index (χ4v) is 5.95. The lowest BCUT2D eigenvalue weighted by Crippen LogP contribution is -2.36. The normalized spacial score (nSPS) is 14.3. The van der Waals surface area contributed by atoms with Gasteiger partial charge in [0.05, 0.1) is 71.9 Å². The molecule has 0 spiro atoms. The topological polar surface area (TPSA) is 223 Å². The van der Waals surface area contributed by atoms with Gasteiger partial charge < -0.3 is 49.2 Å². The van der Waals surface area contributed by atoms with Gasteiger partial charge in [-0.1, -0.05) is 17.2 Å². The molecule has 3 amide bonds. The van der Waals surface area contributed by atoms with Crippen LogP contribution in [-0.2, 0) is 41.4 Å². The van der Waals surface area contributed by atoms with Gasteiger partial charge in [0.1, 0.15) is 5.82 Å². The number of ether oxygens (including phenoxy) is 5. The molecule has 1 fully saturated rings. The first-order valence-electron chi connectivity index (χ1n) is 18.6. The first kappa shape index (κ1) is 42.0. The summed E-state index contributed by atoms with van der Waals surface area (Å²) >= 11 is 0. The van der Waals surface area contributed by atoms with Crippen LogP contribution in [0.5, 0.6) is 5.88 Å². The molecule has 2 aromatic heterocycles. The van der Waals surface area contributed by atoms with Crippen molar-refractivity contribution < 1.29 is 43.2 Å². The Morgan fingerprint density at radius 2 is 1.74 bits per heavy atom. The van der Waals surface area contributed by atoms with E-state index in [2.05, 4.69) is 37.8 Å². The molecular formula is C36H53N9O9. The molecule has 0 bridgehead atoms. The van der Waals surface area contributed by atoms with Crippen LogP contribution in [0.15, 0.2) is 35.6 Å². The molecule has 54 heavy (non-hydrogen) atoms. The minimum absolute atomic E-state index is 0.128. The quantitative estimate of drug-likeness (QED) is 0.0492. The number of aromatic nitrogens is 2. The minimum Gasteiger partial charge on any atom is -0.481 e. The van der Waals surface area contributed by atoms with Gasteiger partial charge in [-0.2, -0.15) is 0 Å². The highest BCUT2D eigenvalue weighted by atomic mass is 16.6. The van der Waals surface area contributed by atoms with Crippen molar-refractivity contribution >= 4 is 23.7 Å². The molecule has 0 saturated carbocycles. The van der Waals surface area contributed by atoms with Crippen molar-refractivity contribution in [2.24, 2.45) is 5.11 Å². The summed E-state index contributed by atoms with van der Waals surface area (Å²) in [6, 6.07) is 6.78. The van der Waals surface area contributed by atoms with Crippen molar-refractivity contribution in [2.75, 3.05) is 104 Å². The Kier molecular flexibility index (Phi) is 19.1. The first-order valence-corrected chi connectivity index (χ1v) is 18.6. The van der Waals surface area contributed by atoms with E-state index in [1.807, 2.05) is 0 Å². The molecule has 1 atom stereocenters. The second kappa shape index (κ2) is 24.6. The van der Waals surface area contributed by atoms with Gasteiger partial charge in [0.25, 0.3) is 0 Å². The molecule has 18 nitrogen and oxygen atoms in total. The fraction of sp³-hybridized carbons (Fsp3) is 0.639. The predicted molar refractivity (Wildman–Crippen MR) is 197 cm³/mol. The Bertz CT molecular complexity index is 1490. The number of aryl methyl sites for hydroxylation is 2. The summed E-state index contributed by atoms with van der Waals surface area (Å²) in [6.07, 6.45) is 5.78. The Hall–Kier alpha value is -4.74. The highest BCUT2D eigenvalue weighted by molar-refractivity contribution is 5.78. The summed E-state index contributed by atoms with van der Waals surface area (Å²) in [5, 5.41) is 19.2. The highest BCUT2D eigenvalue weighted by Crippen LogP contribution is 2.29. The van der Waals surface area contributed by atoms with Gasteiger partial charge in [0.2, 0.25) is 11.8 Å². The minimum atomic E-state index is -1.00. The van der Waals surface area contributed by atoms with E-state index in [0.717, 1.165) is 43.7 Å². The number of fused-ring (bicyclic) bond motifs is 1. The molecule has 4 heterocycles. The maximum atomic E-state index is 13.4. The van der Waals surface area contributed by atoms with Crippen LogP contribution in [0.25, 0.3) is 10.4 Å². The van der Waals surface area contributed by atoms with Crippen molar-refractivity contribution in [1.29, 1.82) is 0 Å². The maximum absolute atomic E-state index is 13.4. The van der Waals surface area contributed by atoms with Gasteiger partial charge in [0, 0.05) is 68.6 Å². The molecule has 0 aromatic carbocycles. The third kappa shape index (κ3) is 15.3. The van der Waals surface area contributed by atoms with E-state index in [4.69, 9.17) is 34.2 Å². The van der Waals surface area contributed by atoms with Crippen molar-refractivity contribution in [3.8, 4) is 5.88 Å². The third-order valence-corrected chi connectivity index (χ3v) is 8.71. The fourth-order valence-electron chi connectivity index (χ4n) is 5.95. The average molecular weight is 756 g/mol. The lowest BCUT2D eigenvalue weighted by atomic mass is 10.0. The zero-order valence-corrected chi connectivity index (χ0v) is 30.9. The van der Waals surface area contributed by atoms with Crippen LogP contribution in [0, 0.1) is 0 Å². The smallest absolute Gasteiger partial charge is 0.320 e. The van der Waals surface area contributed by atoms with Crippen LogP contribution in [0.4, 0.5) is 10.6 Å². The number of hydrogen-bond acceptors (Lipinski definition) is 12. The number of carboxylic acid groups (broad SMARTS) is 1. The monoisotopic (exact) mass is 755 g/mol. The standard InChI is InChI=1S/C36H53N9O9/c37-43-41-13-19-51-21-23-53-25-24-52-22-20-50-18-10-32(46)38-12-3-17-54-33-9-7-29(27-40-33)31(26-34(47)48)45-16-15-44(36(45)49)14-2-5-30-8-6-28-4-1-11-39-35(28)42-30/h6-9,27,31H,1-5,10-26H2,(H,38,46)(H,39,42)(H,47,48)/t31-/m0/s1. The number of rotatable bonds is 28. The molecule has 3 N–H and O–H groups in total. The number of nitrogens with one attached hydrogen (secondary N) is 2. The van der Waals surface area contributed by atoms with E-state index in [9.17, 15) is 19.5 Å². The predicted octanol–water partition coefficient (Wildman–Crippen LogP) is 3.37. The second-order valence-corrected chi connectivity index (χ2v) is 12.7. The van der Waals surface area contributed by atoms with Gasteiger partial charge in [-0.3, -0.25) is 9.59 Å². The van der Waals surface area contributed by atoms with Gasteiger partial charge in [-0.05, 0) is 54.8 Å². The number of azide groups is 1. The van der Waals surface area contributed by atoms with Crippen molar-refractivity contribution in [1.82, 2.24) is 25.1 Å². The first-order chi connectivity index (χ1) is 26.4. The molecule has 2 aromatic rings. The van der Waals surface area contributed by atoms with Gasteiger partial charge in [0.15, 0.2) is 0 Å². The van der Waals surface area contributed by atoms with Crippen LogP contribution in [0.1, 0.15) is 55.0 Å². The summed E-state index contributed by atoms with van der Waals surface area (Å²) in [5.41, 5.74) is 11.0. The Labute approximate surface area is 315 Å². The van der Waals surface area contributed by atoms with E-state index in [-0.39, 0.29) is 31.4 Å². The Morgan fingerprint density at radius 3 is 2.46 bits per heavy atom. The summed E-state index contributed by atoms with van der Waals surface area (Å²) < 4.78 is 27.2. The number of carboxylic acids is 1. The van der Waals surface area contributed by atoms with E-state index in [0.29, 0.717) is 103 Å². The van der Waals surface area contributed by atoms with Gasteiger partial charge in [-0.15, -0.1) is 0 Å². The van der Waals surface area contributed by atoms with E-state index in [1.165, 1.54) is 5.56 Å². The zero-order chi connectivity index (χ0) is 38.2. The molecule has 0 unspecified atom stereocenters. The number of hydrogen-bond donors (Lipinski definition) is 3. The van der Waals surface area contributed by atoms with Gasteiger partial charge in [-0.25, -0.2) is 14.8 Å². The third-order valence-electron chi connectivity index (χ3n) is 8.71. The number of urea groups is 1. The molecule has 0 radical (unpaired) electrons. The van der Waals surface area contributed by atoms with E-state index >= 15 is 0 Å². The zero-order valence-electron chi connectivity index (χ0n) is 30.9. The lowest BCUT2D eigenvalue weighted by Gasteiger charge is -2.27. The Morgan fingerprint density at radius 1 is 0.981 bits per heavy atom. The van der Waals surface area contributed by atoms with Crippen LogP contribution in [-0.4, -0.2) is 142 Å². The number of nitrogens with zero attached hydrogens (tertiary/aromatic N) is 7. The van der Waals surface area contributed by atoms with Crippen molar-refractivity contribution in [3.63, 3.8) is 0 Å². The SMILES string of the molecule is [N-]=[N+]=NCCOCCOCCOCCOCCC(=O)NCCCOc1ccc([C@H](CC(=O)O)N2CCN(CCCc3ccc4c(n3)NCCC4)C2=O)cn1. The molecular weight excluding hydrogens is 702 g/mol. The number of carbonyl (C=O) groups excluding carboxylic acids is 2. The molecule has 4 rings (SSSR count). The van der Waals surface area contributed by atoms with E-state index < -0.39 is 12.0 Å². The second-order valence-electron chi connectivity index (χ2n) is 12.7. The van der Waals surface area contributed by atoms with Crippen LogP contribution in [0.3, 0.4) is 0 Å². The summed E-state index contributed by atoms with van der Waals surface area (Å²) in [5.74, 6) is 0.205. The van der Waals surface area contributed by atoms with Gasteiger partial charge >= 0.3 is 12.0 Å². The lowest BCUT2D eigenvalue weighted by molar-refractivity contribution is -0.138. The largest absolute Gasteiger partial charge is 0.481 e. The number of amides is 3. The molecule has 2 aliphatic rings. The van der Waals surface area contributed by atoms with E-state index in [1.54, 1.807) is 28.1 Å². The molecule has 2 aliphatic heterocycles.